The molecule has 158 valence electrons. The molecule has 7 heteroatoms. The highest BCUT2D eigenvalue weighted by molar-refractivity contribution is 6.05. The predicted molar refractivity (Wildman–Crippen MR) is 123 cm³/mol. The Morgan fingerprint density at radius 1 is 1.00 bits per heavy atom. The van der Waals surface area contributed by atoms with Crippen LogP contribution < -0.4 is 0 Å². The van der Waals surface area contributed by atoms with Crippen molar-refractivity contribution in [1.82, 2.24) is 29.6 Å². The van der Waals surface area contributed by atoms with Gasteiger partial charge in [0.05, 0.1) is 23.3 Å². The highest BCUT2D eigenvalue weighted by Crippen LogP contribution is 2.25. The molecule has 1 amide bonds. The largest absolute Gasteiger partial charge is 0.336 e. The van der Waals surface area contributed by atoms with Crippen LogP contribution in [-0.2, 0) is 13.1 Å². The molecule has 0 saturated heterocycles. The Labute approximate surface area is 185 Å². The fourth-order valence-corrected chi connectivity index (χ4v) is 3.92. The van der Waals surface area contributed by atoms with Gasteiger partial charge in [-0.15, -0.1) is 10.2 Å². The van der Waals surface area contributed by atoms with Crippen LogP contribution in [0.5, 0.6) is 0 Å². The number of carbonyl (C=O) groups is 1. The van der Waals surface area contributed by atoms with Crippen LogP contribution in [0, 0.1) is 6.92 Å². The Hall–Kier alpha value is -4.13. The maximum absolute atomic E-state index is 13.1. The van der Waals surface area contributed by atoms with Crippen molar-refractivity contribution in [3.63, 3.8) is 0 Å². The molecule has 32 heavy (non-hydrogen) atoms. The fraction of sp³-hybridized carbons (Fsp3) is 0.160. The number of nitrogens with zero attached hydrogens (tertiary/aromatic N) is 6. The number of rotatable bonds is 5. The minimum absolute atomic E-state index is 0.0756. The number of hydrogen-bond donors (Lipinski definition) is 0. The summed E-state index contributed by atoms with van der Waals surface area (Å²) in [5.74, 6) is 0.781. The minimum Gasteiger partial charge on any atom is -0.336 e. The van der Waals surface area contributed by atoms with E-state index in [2.05, 4.69) is 36.9 Å². The highest BCUT2D eigenvalue weighted by atomic mass is 16.2. The number of benzene rings is 2. The van der Waals surface area contributed by atoms with E-state index in [-0.39, 0.29) is 5.91 Å². The lowest BCUT2D eigenvalue weighted by molar-refractivity contribution is 0.0783. The third-order valence-corrected chi connectivity index (χ3v) is 5.55. The molecule has 0 atom stereocenters. The summed E-state index contributed by atoms with van der Waals surface area (Å²) >= 11 is 0. The van der Waals surface area contributed by atoms with Crippen LogP contribution in [0.2, 0.25) is 0 Å². The molecule has 0 saturated carbocycles. The molecule has 5 aromatic rings. The van der Waals surface area contributed by atoms with Crippen molar-refractivity contribution >= 4 is 28.0 Å². The first kappa shape index (κ1) is 19.8. The number of hydrogen-bond acceptors (Lipinski definition) is 5. The summed E-state index contributed by atoms with van der Waals surface area (Å²) < 4.78 is 2.13. The van der Waals surface area contributed by atoms with Crippen molar-refractivity contribution in [3.05, 3.63) is 95.6 Å². The molecule has 7 nitrogen and oxygen atoms in total. The molecule has 2 aromatic carbocycles. The summed E-state index contributed by atoms with van der Waals surface area (Å²) in [5.41, 5.74) is 4.80. The van der Waals surface area contributed by atoms with Gasteiger partial charge < -0.3 is 9.47 Å². The first-order valence-electron chi connectivity index (χ1n) is 10.4. The summed E-state index contributed by atoms with van der Waals surface area (Å²) in [7, 11) is 1.78. The standard InChI is InChI=1S/C25H22N6O/c1-17-27-24-23(31(17)15-18-8-4-3-5-9-18)21-14-19(11-12-22(21)28-29-24)25(32)30(2)16-20-10-6-7-13-26-20/h3-14H,15-16H2,1-2H3. The summed E-state index contributed by atoms with van der Waals surface area (Å²) in [5, 5.41) is 9.50. The van der Waals surface area contributed by atoms with E-state index in [4.69, 9.17) is 0 Å². The average molecular weight is 422 g/mol. The van der Waals surface area contributed by atoms with Gasteiger partial charge in [0.25, 0.3) is 5.91 Å². The molecule has 0 bridgehead atoms. The Morgan fingerprint density at radius 3 is 2.59 bits per heavy atom. The Balaban J connectivity index is 1.56. The van der Waals surface area contributed by atoms with Gasteiger partial charge in [0.15, 0.2) is 0 Å². The smallest absolute Gasteiger partial charge is 0.253 e. The third kappa shape index (κ3) is 3.69. The quantitative estimate of drug-likeness (QED) is 0.428. The molecule has 0 aliphatic carbocycles. The molecule has 0 unspecified atom stereocenters. The van der Waals surface area contributed by atoms with Gasteiger partial charge in [-0.3, -0.25) is 9.78 Å². The molecule has 0 N–H and O–H groups in total. The van der Waals surface area contributed by atoms with E-state index in [0.717, 1.165) is 27.9 Å². The zero-order chi connectivity index (χ0) is 22.1. The van der Waals surface area contributed by atoms with Gasteiger partial charge >= 0.3 is 0 Å². The zero-order valence-electron chi connectivity index (χ0n) is 17.9. The fourth-order valence-electron chi connectivity index (χ4n) is 3.92. The lowest BCUT2D eigenvalue weighted by atomic mass is 10.1. The van der Waals surface area contributed by atoms with Gasteiger partial charge in [-0.1, -0.05) is 36.4 Å². The minimum atomic E-state index is -0.0756. The molecule has 0 radical (unpaired) electrons. The van der Waals surface area contributed by atoms with E-state index in [1.54, 1.807) is 24.2 Å². The van der Waals surface area contributed by atoms with E-state index in [9.17, 15) is 4.79 Å². The van der Waals surface area contributed by atoms with Gasteiger partial charge in [-0.05, 0) is 42.8 Å². The van der Waals surface area contributed by atoms with E-state index in [1.165, 1.54) is 5.56 Å². The number of carbonyl (C=O) groups excluding carboxylic acids is 1. The zero-order valence-corrected chi connectivity index (χ0v) is 17.9. The SMILES string of the molecule is Cc1nc2nnc3ccc(C(=O)N(C)Cc4ccccn4)cc3c2n1Cc1ccccc1. The van der Waals surface area contributed by atoms with E-state index < -0.39 is 0 Å². The van der Waals surface area contributed by atoms with Gasteiger partial charge in [0.1, 0.15) is 5.82 Å². The molecule has 3 heterocycles. The van der Waals surface area contributed by atoms with Crippen LogP contribution in [0.4, 0.5) is 0 Å². The second-order valence-corrected chi connectivity index (χ2v) is 7.82. The van der Waals surface area contributed by atoms with Crippen molar-refractivity contribution in [2.24, 2.45) is 0 Å². The van der Waals surface area contributed by atoms with Crippen LogP contribution in [0.3, 0.4) is 0 Å². The first-order valence-corrected chi connectivity index (χ1v) is 10.4. The normalized spacial score (nSPS) is 11.2. The number of imidazole rings is 1. The second kappa shape index (κ2) is 8.19. The van der Waals surface area contributed by atoms with Crippen LogP contribution in [0.25, 0.3) is 22.1 Å². The summed E-state index contributed by atoms with van der Waals surface area (Å²) in [6.45, 7) is 3.07. The van der Waals surface area contributed by atoms with Crippen LogP contribution in [-0.4, -0.2) is 42.6 Å². The van der Waals surface area contributed by atoms with Crippen LogP contribution >= 0.6 is 0 Å². The second-order valence-electron chi connectivity index (χ2n) is 7.82. The highest BCUT2D eigenvalue weighted by Gasteiger charge is 2.17. The molecule has 0 spiro atoms. The molecular weight excluding hydrogens is 400 g/mol. The van der Waals surface area contributed by atoms with Gasteiger partial charge in [0, 0.05) is 30.7 Å². The maximum atomic E-state index is 13.1. The monoisotopic (exact) mass is 422 g/mol. The summed E-state index contributed by atoms with van der Waals surface area (Å²) in [6, 6.07) is 21.5. The van der Waals surface area contributed by atoms with Crippen molar-refractivity contribution in [1.29, 1.82) is 0 Å². The van der Waals surface area contributed by atoms with Crippen LogP contribution in [0.15, 0.2) is 72.9 Å². The predicted octanol–water partition coefficient (Wildman–Crippen LogP) is 4.00. The lowest BCUT2D eigenvalue weighted by Gasteiger charge is -2.17. The van der Waals surface area contributed by atoms with E-state index >= 15 is 0 Å². The molecule has 0 aliphatic heterocycles. The number of fused-ring (bicyclic) bond motifs is 3. The van der Waals surface area contributed by atoms with Crippen molar-refractivity contribution in [2.45, 2.75) is 20.0 Å². The molecule has 5 rings (SSSR count). The van der Waals surface area contributed by atoms with Crippen molar-refractivity contribution < 1.29 is 4.79 Å². The molecule has 0 fully saturated rings. The summed E-state index contributed by atoms with van der Waals surface area (Å²) in [4.78, 5) is 23.7. The lowest BCUT2D eigenvalue weighted by Crippen LogP contribution is -2.26. The average Bonchev–Trinajstić information content (AvgIpc) is 3.15. The third-order valence-electron chi connectivity index (χ3n) is 5.55. The van der Waals surface area contributed by atoms with Crippen molar-refractivity contribution in [3.8, 4) is 0 Å². The Bertz CT molecular complexity index is 1410. The molecule has 3 aromatic heterocycles. The Kier molecular flexibility index (Phi) is 5.07. The van der Waals surface area contributed by atoms with Crippen molar-refractivity contribution in [2.75, 3.05) is 7.05 Å². The summed E-state index contributed by atoms with van der Waals surface area (Å²) in [6.07, 6.45) is 1.73. The van der Waals surface area contributed by atoms with Gasteiger partial charge in [-0.25, -0.2) is 4.98 Å². The first-order chi connectivity index (χ1) is 15.6. The Morgan fingerprint density at radius 2 is 1.81 bits per heavy atom. The van der Waals surface area contributed by atoms with Gasteiger partial charge in [0.2, 0.25) is 5.65 Å². The van der Waals surface area contributed by atoms with Crippen LogP contribution in [0.1, 0.15) is 27.4 Å². The molecular formula is C25H22N6O. The number of pyridine rings is 1. The number of aryl methyl sites for hydroxylation is 1. The van der Waals surface area contributed by atoms with E-state index in [0.29, 0.717) is 24.3 Å². The van der Waals surface area contributed by atoms with Gasteiger partial charge in [-0.2, -0.15) is 0 Å². The number of aromatic nitrogens is 5. The topological polar surface area (TPSA) is 76.8 Å². The number of amides is 1. The van der Waals surface area contributed by atoms with E-state index in [1.807, 2.05) is 55.5 Å². The maximum Gasteiger partial charge on any atom is 0.253 e. The molecule has 0 aliphatic rings.